The molecule has 4 heteroatoms. The van der Waals surface area contributed by atoms with E-state index in [-0.39, 0.29) is 5.57 Å². The van der Waals surface area contributed by atoms with Gasteiger partial charge < -0.3 is 5.11 Å². The fourth-order valence-corrected chi connectivity index (χ4v) is 1.28. The molecule has 1 aromatic carbocycles. The SMILES string of the molecule is CC(=O)C(=Cc1cccc(Cl)c1)C(=O)O. The fourth-order valence-electron chi connectivity index (χ4n) is 1.08. The highest BCUT2D eigenvalue weighted by Gasteiger charge is 2.12. The van der Waals surface area contributed by atoms with Gasteiger partial charge in [0.05, 0.1) is 0 Å². The van der Waals surface area contributed by atoms with E-state index in [1.807, 2.05) is 0 Å². The highest BCUT2D eigenvalue weighted by molar-refractivity contribution is 6.30. The molecular weight excluding hydrogens is 216 g/mol. The van der Waals surface area contributed by atoms with E-state index in [1.165, 1.54) is 13.0 Å². The van der Waals surface area contributed by atoms with E-state index in [2.05, 4.69) is 0 Å². The lowest BCUT2D eigenvalue weighted by atomic mass is 10.1. The van der Waals surface area contributed by atoms with Crippen LogP contribution < -0.4 is 0 Å². The van der Waals surface area contributed by atoms with Crippen LogP contribution in [0.2, 0.25) is 5.02 Å². The van der Waals surface area contributed by atoms with E-state index in [0.29, 0.717) is 10.6 Å². The Bertz CT molecular complexity index is 419. The number of carboxylic acid groups (broad SMARTS) is 1. The minimum atomic E-state index is -1.23. The zero-order valence-corrected chi connectivity index (χ0v) is 8.78. The minimum absolute atomic E-state index is 0.253. The monoisotopic (exact) mass is 224 g/mol. The molecule has 0 aromatic heterocycles. The van der Waals surface area contributed by atoms with Gasteiger partial charge in [-0.15, -0.1) is 0 Å². The van der Waals surface area contributed by atoms with Gasteiger partial charge in [0.2, 0.25) is 0 Å². The molecule has 0 unspecified atom stereocenters. The molecule has 0 aliphatic heterocycles. The molecule has 0 radical (unpaired) electrons. The number of carboxylic acids is 1. The summed E-state index contributed by atoms with van der Waals surface area (Å²) >= 11 is 5.73. The second-order valence-corrected chi connectivity index (χ2v) is 3.41. The molecule has 0 heterocycles. The average Bonchev–Trinajstić information content (AvgIpc) is 2.13. The Morgan fingerprint density at radius 1 is 1.40 bits per heavy atom. The first-order valence-corrected chi connectivity index (χ1v) is 4.60. The van der Waals surface area contributed by atoms with Crippen molar-refractivity contribution in [1.29, 1.82) is 0 Å². The van der Waals surface area contributed by atoms with E-state index in [4.69, 9.17) is 16.7 Å². The van der Waals surface area contributed by atoms with Crippen LogP contribution in [0, 0.1) is 0 Å². The molecule has 0 bridgehead atoms. The molecule has 3 nitrogen and oxygen atoms in total. The minimum Gasteiger partial charge on any atom is -0.478 e. The number of Topliss-reactive ketones (excluding diaryl/α,β-unsaturated/α-hetero) is 1. The normalized spacial score (nSPS) is 11.2. The maximum atomic E-state index is 11.0. The van der Waals surface area contributed by atoms with Gasteiger partial charge in [0.1, 0.15) is 5.57 Å². The van der Waals surface area contributed by atoms with Crippen molar-refractivity contribution in [2.24, 2.45) is 0 Å². The first-order chi connectivity index (χ1) is 7.00. The van der Waals surface area contributed by atoms with Gasteiger partial charge in [0, 0.05) is 5.02 Å². The van der Waals surface area contributed by atoms with Crippen LogP contribution in [0.1, 0.15) is 12.5 Å². The lowest BCUT2D eigenvalue weighted by Crippen LogP contribution is -2.08. The molecule has 0 saturated carbocycles. The van der Waals surface area contributed by atoms with Crippen molar-refractivity contribution >= 4 is 29.4 Å². The van der Waals surface area contributed by atoms with Gasteiger partial charge >= 0.3 is 5.97 Å². The number of carbonyl (C=O) groups is 2. The number of benzene rings is 1. The fraction of sp³-hybridized carbons (Fsp3) is 0.0909. The van der Waals surface area contributed by atoms with Crippen molar-refractivity contribution in [2.45, 2.75) is 6.92 Å². The van der Waals surface area contributed by atoms with Crippen LogP contribution >= 0.6 is 11.6 Å². The molecule has 78 valence electrons. The summed E-state index contributed by atoms with van der Waals surface area (Å²) in [4.78, 5) is 21.7. The number of carbonyl (C=O) groups excluding carboxylic acids is 1. The van der Waals surface area contributed by atoms with Crippen molar-refractivity contribution in [3.8, 4) is 0 Å². The van der Waals surface area contributed by atoms with Crippen LogP contribution in [0.25, 0.3) is 6.08 Å². The second-order valence-electron chi connectivity index (χ2n) is 2.97. The van der Waals surface area contributed by atoms with Gasteiger partial charge in [0.25, 0.3) is 0 Å². The molecule has 0 atom stereocenters. The van der Waals surface area contributed by atoms with Crippen molar-refractivity contribution < 1.29 is 14.7 Å². The summed E-state index contributed by atoms with van der Waals surface area (Å²) in [7, 11) is 0. The van der Waals surface area contributed by atoms with E-state index in [0.717, 1.165) is 0 Å². The molecule has 0 fully saturated rings. The van der Waals surface area contributed by atoms with Crippen LogP contribution in [-0.4, -0.2) is 16.9 Å². The molecule has 0 amide bonds. The molecule has 0 spiro atoms. The third-order valence-corrected chi connectivity index (χ3v) is 2.00. The van der Waals surface area contributed by atoms with Crippen LogP contribution in [0.3, 0.4) is 0 Å². The summed E-state index contributed by atoms with van der Waals surface area (Å²) in [6.45, 7) is 1.21. The van der Waals surface area contributed by atoms with Gasteiger partial charge in [-0.3, -0.25) is 4.79 Å². The van der Waals surface area contributed by atoms with E-state index >= 15 is 0 Å². The summed E-state index contributed by atoms with van der Waals surface area (Å²) < 4.78 is 0. The number of ketones is 1. The molecule has 15 heavy (non-hydrogen) atoms. The van der Waals surface area contributed by atoms with E-state index in [1.54, 1.807) is 24.3 Å². The molecule has 0 saturated heterocycles. The van der Waals surface area contributed by atoms with Gasteiger partial charge in [-0.1, -0.05) is 23.7 Å². The Labute approximate surface area is 92.0 Å². The first-order valence-electron chi connectivity index (χ1n) is 4.22. The Morgan fingerprint density at radius 3 is 2.53 bits per heavy atom. The second kappa shape index (κ2) is 4.75. The smallest absolute Gasteiger partial charge is 0.339 e. The maximum Gasteiger partial charge on any atom is 0.339 e. The molecule has 0 aliphatic carbocycles. The zero-order valence-electron chi connectivity index (χ0n) is 8.03. The lowest BCUT2D eigenvalue weighted by molar-refractivity contribution is -0.134. The Kier molecular flexibility index (Phi) is 3.63. The van der Waals surface area contributed by atoms with Crippen molar-refractivity contribution in [3.63, 3.8) is 0 Å². The molecule has 0 aliphatic rings. The summed E-state index contributed by atoms with van der Waals surface area (Å²) in [5, 5.41) is 9.25. The topological polar surface area (TPSA) is 54.4 Å². The summed E-state index contributed by atoms with van der Waals surface area (Å²) in [5.74, 6) is -1.72. The van der Waals surface area contributed by atoms with Gasteiger partial charge in [-0.2, -0.15) is 0 Å². The Hall–Kier alpha value is -1.61. The summed E-state index contributed by atoms with van der Waals surface area (Å²) in [6, 6.07) is 6.63. The van der Waals surface area contributed by atoms with Crippen LogP contribution in [0.15, 0.2) is 29.8 Å². The van der Waals surface area contributed by atoms with Crippen molar-refractivity contribution in [3.05, 3.63) is 40.4 Å². The van der Waals surface area contributed by atoms with E-state index < -0.39 is 11.8 Å². The van der Waals surface area contributed by atoms with Crippen molar-refractivity contribution in [2.75, 3.05) is 0 Å². The quantitative estimate of drug-likeness (QED) is 0.487. The third-order valence-electron chi connectivity index (χ3n) is 1.77. The maximum absolute atomic E-state index is 11.0. The number of halogens is 1. The summed E-state index contributed by atoms with van der Waals surface area (Å²) in [5.41, 5.74) is 0.340. The lowest BCUT2D eigenvalue weighted by Gasteiger charge is -1.98. The van der Waals surface area contributed by atoms with Gasteiger partial charge in [-0.05, 0) is 30.7 Å². The number of hydrogen-bond acceptors (Lipinski definition) is 2. The largest absolute Gasteiger partial charge is 0.478 e. The summed E-state index contributed by atoms with van der Waals surface area (Å²) in [6.07, 6.45) is 1.30. The van der Waals surface area contributed by atoms with Crippen LogP contribution in [-0.2, 0) is 9.59 Å². The predicted octanol–water partition coefficient (Wildman–Crippen LogP) is 2.40. The van der Waals surface area contributed by atoms with Gasteiger partial charge in [0.15, 0.2) is 5.78 Å². The van der Waals surface area contributed by atoms with E-state index in [9.17, 15) is 9.59 Å². The Balaban J connectivity index is 3.13. The number of rotatable bonds is 3. The number of hydrogen-bond donors (Lipinski definition) is 1. The molecule has 1 N–H and O–H groups in total. The molecular formula is C11H9ClO3. The standard InChI is InChI=1S/C11H9ClO3/c1-7(13)10(11(14)15)6-8-3-2-4-9(12)5-8/h2-6H,1H3,(H,14,15). The zero-order chi connectivity index (χ0) is 11.4. The van der Waals surface area contributed by atoms with Crippen LogP contribution in [0.4, 0.5) is 0 Å². The third kappa shape index (κ3) is 3.22. The Morgan fingerprint density at radius 2 is 2.07 bits per heavy atom. The highest BCUT2D eigenvalue weighted by atomic mass is 35.5. The molecule has 1 rings (SSSR count). The van der Waals surface area contributed by atoms with Gasteiger partial charge in [-0.25, -0.2) is 4.79 Å². The molecule has 1 aromatic rings. The van der Waals surface area contributed by atoms with Crippen LogP contribution in [0.5, 0.6) is 0 Å². The number of aliphatic carboxylic acids is 1. The van der Waals surface area contributed by atoms with Crippen molar-refractivity contribution in [1.82, 2.24) is 0 Å². The highest BCUT2D eigenvalue weighted by Crippen LogP contribution is 2.14. The predicted molar refractivity (Wildman–Crippen MR) is 57.7 cm³/mol. The first kappa shape index (κ1) is 11.5. The average molecular weight is 225 g/mol.